The summed E-state index contributed by atoms with van der Waals surface area (Å²) < 4.78 is 5.59. The van der Waals surface area contributed by atoms with Gasteiger partial charge in [-0.25, -0.2) is 4.98 Å². The van der Waals surface area contributed by atoms with E-state index in [1.807, 2.05) is 18.3 Å². The molecule has 1 aliphatic heterocycles. The first-order chi connectivity index (χ1) is 13.6. The number of carbonyl (C=O) groups excluding carboxylic acids is 1. The Kier molecular flexibility index (Phi) is 7.80. The Bertz CT molecular complexity index is 776. The van der Waals surface area contributed by atoms with E-state index in [2.05, 4.69) is 15.2 Å². The molecule has 1 saturated heterocycles. The third-order valence-electron chi connectivity index (χ3n) is 4.69. The summed E-state index contributed by atoms with van der Waals surface area (Å²) in [7, 11) is 0. The SMILES string of the molecule is O=C(CCCOc1ccc(Cl)cc1Cl)Nc1ccc(N2CCCCCC2)cn1. The molecule has 0 bridgehead atoms. The van der Waals surface area contributed by atoms with Crippen molar-refractivity contribution in [2.24, 2.45) is 0 Å². The summed E-state index contributed by atoms with van der Waals surface area (Å²) in [6.45, 7) is 2.55. The number of pyridine rings is 1. The van der Waals surface area contributed by atoms with Gasteiger partial charge in [0.05, 0.1) is 23.5 Å². The summed E-state index contributed by atoms with van der Waals surface area (Å²) in [5.74, 6) is 1.06. The first-order valence-corrected chi connectivity index (χ1v) is 10.5. The van der Waals surface area contributed by atoms with Crippen LogP contribution >= 0.6 is 23.2 Å². The van der Waals surface area contributed by atoms with Gasteiger partial charge in [-0.3, -0.25) is 4.79 Å². The Balaban J connectivity index is 1.40. The van der Waals surface area contributed by atoms with E-state index >= 15 is 0 Å². The molecule has 1 aromatic heterocycles. The highest BCUT2D eigenvalue weighted by atomic mass is 35.5. The summed E-state index contributed by atoms with van der Waals surface area (Å²) in [5, 5.41) is 3.86. The zero-order chi connectivity index (χ0) is 19.8. The Labute approximate surface area is 176 Å². The minimum atomic E-state index is -0.0826. The molecule has 0 unspecified atom stereocenters. The summed E-state index contributed by atoms with van der Waals surface area (Å²) in [6.07, 6.45) is 7.81. The number of halogens is 2. The molecule has 2 aromatic rings. The van der Waals surface area contributed by atoms with Crippen molar-refractivity contribution in [3.05, 3.63) is 46.6 Å². The van der Waals surface area contributed by atoms with Gasteiger partial charge in [-0.2, -0.15) is 0 Å². The van der Waals surface area contributed by atoms with Crippen molar-refractivity contribution in [3.8, 4) is 5.75 Å². The van der Waals surface area contributed by atoms with Gasteiger partial charge in [0.25, 0.3) is 0 Å². The van der Waals surface area contributed by atoms with Crippen molar-refractivity contribution in [2.75, 3.05) is 29.9 Å². The normalized spacial score (nSPS) is 14.4. The highest BCUT2D eigenvalue weighted by Gasteiger charge is 2.11. The summed E-state index contributed by atoms with van der Waals surface area (Å²) in [6, 6.07) is 8.96. The van der Waals surface area contributed by atoms with Gasteiger partial charge in [-0.05, 0) is 49.6 Å². The molecule has 1 fully saturated rings. The molecule has 7 heteroatoms. The van der Waals surface area contributed by atoms with Crippen LogP contribution in [0.2, 0.25) is 10.0 Å². The van der Waals surface area contributed by atoms with Crippen LogP contribution in [-0.2, 0) is 4.79 Å². The van der Waals surface area contributed by atoms with Crippen LogP contribution in [0.25, 0.3) is 0 Å². The Hall–Kier alpha value is -1.98. The van der Waals surface area contributed by atoms with E-state index in [0.717, 1.165) is 18.8 Å². The van der Waals surface area contributed by atoms with Crippen LogP contribution in [0, 0.1) is 0 Å². The highest BCUT2D eigenvalue weighted by molar-refractivity contribution is 6.35. The van der Waals surface area contributed by atoms with Crippen molar-refractivity contribution in [2.45, 2.75) is 38.5 Å². The molecule has 1 N–H and O–H groups in total. The number of nitrogens with one attached hydrogen (secondary N) is 1. The van der Waals surface area contributed by atoms with E-state index in [-0.39, 0.29) is 5.91 Å². The summed E-state index contributed by atoms with van der Waals surface area (Å²) in [5.41, 5.74) is 1.12. The van der Waals surface area contributed by atoms with E-state index < -0.39 is 0 Å². The molecule has 0 atom stereocenters. The van der Waals surface area contributed by atoms with E-state index in [1.54, 1.807) is 18.2 Å². The number of hydrogen-bond acceptors (Lipinski definition) is 4. The number of anilines is 2. The van der Waals surface area contributed by atoms with Gasteiger partial charge in [0.2, 0.25) is 5.91 Å². The van der Waals surface area contributed by atoms with Gasteiger partial charge in [0.1, 0.15) is 11.6 Å². The molecule has 0 saturated carbocycles. The Morgan fingerprint density at radius 1 is 1.11 bits per heavy atom. The lowest BCUT2D eigenvalue weighted by Gasteiger charge is -2.22. The van der Waals surface area contributed by atoms with Crippen LogP contribution in [0.5, 0.6) is 5.75 Å². The predicted molar refractivity (Wildman–Crippen MR) is 115 cm³/mol. The first-order valence-electron chi connectivity index (χ1n) is 9.70. The molecule has 0 spiro atoms. The second-order valence-electron chi connectivity index (χ2n) is 6.88. The van der Waals surface area contributed by atoms with Crippen LogP contribution in [0.15, 0.2) is 36.5 Å². The van der Waals surface area contributed by atoms with Crippen LogP contribution in [0.1, 0.15) is 38.5 Å². The third kappa shape index (κ3) is 6.28. The topological polar surface area (TPSA) is 54.5 Å². The van der Waals surface area contributed by atoms with Crippen molar-refractivity contribution >= 4 is 40.6 Å². The molecule has 28 heavy (non-hydrogen) atoms. The number of amides is 1. The number of hydrogen-bond donors (Lipinski definition) is 1. The fourth-order valence-electron chi connectivity index (χ4n) is 3.19. The highest BCUT2D eigenvalue weighted by Crippen LogP contribution is 2.27. The van der Waals surface area contributed by atoms with Gasteiger partial charge in [-0.15, -0.1) is 0 Å². The van der Waals surface area contributed by atoms with Crippen LogP contribution in [0.3, 0.4) is 0 Å². The molecule has 0 aliphatic carbocycles. The molecule has 5 nitrogen and oxygen atoms in total. The van der Waals surface area contributed by atoms with E-state index in [0.29, 0.717) is 41.1 Å². The number of rotatable bonds is 7. The van der Waals surface area contributed by atoms with Gasteiger partial charge < -0.3 is 15.0 Å². The number of ether oxygens (including phenoxy) is 1. The smallest absolute Gasteiger partial charge is 0.225 e. The van der Waals surface area contributed by atoms with Crippen LogP contribution < -0.4 is 15.0 Å². The minimum Gasteiger partial charge on any atom is -0.492 e. The number of benzene rings is 1. The van der Waals surface area contributed by atoms with E-state index in [1.165, 1.54) is 25.7 Å². The zero-order valence-corrected chi connectivity index (χ0v) is 17.3. The summed E-state index contributed by atoms with van der Waals surface area (Å²) in [4.78, 5) is 18.9. The first kappa shape index (κ1) is 20.7. The maximum atomic E-state index is 12.1. The minimum absolute atomic E-state index is 0.0826. The van der Waals surface area contributed by atoms with Crippen LogP contribution in [-0.4, -0.2) is 30.6 Å². The van der Waals surface area contributed by atoms with E-state index in [9.17, 15) is 4.79 Å². The van der Waals surface area contributed by atoms with Crippen molar-refractivity contribution in [1.29, 1.82) is 0 Å². The van der Waals surface area contributed by atoms with Crippen molar-refractivity contribution in [3.63, 3.8) is 0 Å². The molecular weight excluding hydrogens is 397 g/mol. The third-order valence-corrected chi connectivity index (χ3v) is 5.22. The molecule has 1 amide bonds. The van der Waals surface area contributed by atoms with Crippen molar-refractivity contribution < 1.29 is 9.53 Å². The van der Waals surface area contributed by atoms with Gasteiger partial charge in [0.15, 0.2) is 0 Å². The maximum absolute atomic E-state index is 12.1. The lowest BCUT2D eigenvalue weighted by Crippen LogP contribution is -2.24. The standard InChI is InChI=1S/C21H25Cl2N3O2/c22-16-7-9-19(18(23)14-16)28-13-5-6-21(27)25-20-10-8-17(15-24-20)26-11-3-1-2-4-12-26/h7-10,14-15H,1-6,11-13H2,(H,24,25,27). The second-order valence-corrected chi connectivity index (χ2v) is 7.72. The lowest BCUT2D eigenvalue weighted by atomic mass is 10.2. The molecule has 2 heterocycles. The molecular formula is C21H25Cl2N3O2. The van der Waals surface area contributed by atoms with Gasteiger partial charge in [-0.1, -0.05) is 36.0 Å². The maximum Gasteiger partial charge on any atom is 0.225 e. The number of carbonyl (C=O) groups is 1. The second kappa shape index (κ2) is 10.5. The Morgan fingerprint density at radius 2 is 1.89 bits per heavy atom. The zero-order valence-electron chi connectivity index (χ0n) is 15.8. The van der Waals surface area contributed by atoms with Crippen molar-refractivity contribution in [1.82, 2.24) is 4.98 Å². The number of nitrogens with zero attached hydrogens (tertiary/aromatic N) is 2. The molecule has 1 aliphatic rings. The van der Waals surface area contributed by atoms with Crippen LogP contribution in [0.4, 0.5) is 11.5 Å². The van der Waals surface area contributed by atoms with E-state index in [4.69, 9.17) is 27.9 Å². The molecule has 150 valence electrons. The molecule has 3 rings (SSSR count). The molecule has 0 radical (unpaired) electrons. The Morgan fingerprint density at radius 3 is 2.57 bits per heavy atom. The predicted octanol–water partition coefficient (Wildman–Crippen LogP) is 5.57. The van der Waals surface area contributed by atoms with Gasteiger partial charge >= 0.3 is 0 Å². The fourth-order valence-corrected chi connectivity index (χ4v) is 3.65. The largest absolute Gasteiger partial charge is 0.492 e. The van der Waals surface area contributed by atoms with Gasteiger partial charge in [0, 0.05) is 24.5 Å². The monoisotopic (exact) mass is 421 g/mol. The quantitative estimate of drug-likeness (QED) is 0.593. The molecule has 1 aromatic carbocycles. The average Bonchev–Trinajstić information content (AvgIpc) is 2.97. The summed E-state index contributed by atoms with van der Waals surface area (Å²) >= 11 is 11.9. The number of aromatic nitrogens is 1. The lowest BCUT2D eigenvalue weighted by molar-refractivity contribution is -0.116. The fraction of sp³-hybridized carbons (Fsp3) is 0.429. The average molecular weight is 422 g/mol.